The highest BCUT2D eigenvalue weighted by atomic mass is 19.1. The number of benzene rings is 1. The average Bonchev–Trinajstić information content (AvgIpc) is 2.81. The summed E-state index contributed by atoms with van der Waals surface area (Å²) in [4.78, 5) is 19.6. The van der Waals surface area contributed by atoms with E-state index in [1.807, 2.05) is 27.7 Å². The number of nitrogens with one attached hydrogen (secondary N) is 2. The third-order valence-corrected chi connectivity index (χ3v) is 5.53. The lowest BCUT2D eigenvalue weighted by Crippen LogP contribution is -2.54. The molecule has 2 heterocycles. The molecule has 0 unspecified atom stereocenters. The Bertz CT molecular complexity index is 1060. The van der Waals surface area contributed by atoms with Gasteiger partial charge in [0.05, 0.1) is 16.9 Å². The Hall–Kier alpha value is -3.37. The fourth-order valence-electron chi connectivity index (χ4n) is 3.59. The minimum Gasteiger partial charge on any atom is -0.501 e. The number of hydrazine groups is 1. The molecule has 0 aliphatic carbocycles. The lowest BCUT2D eigenvalue weighted by atomic mass is 9.97. The minimum absolute atomic E-state index is 0.0832. The van der Waals surface area contributed by atoms with Crippen molar-refractivity contribution in [3.63, 3.8) is 0 Å². The van der Waals surface area contributed by atoms with E-state index in [0.717, 1.165) is 5.56 Å². The normalized spacial score (nSPS) is 15.2. The van der Waals surface area contributed by atoms with Crippen molar-refractivity contribution in [2.75, 3.05) is 13.1 Å². The third-order valence-electron chi connectivity index (χ3n) is 5.53. The van der Waals surface area contributed by atoms with E-state index >= 15 is 0 Å². The quantitative estimate of drug-likeness (QED) is 0.312. The Morgan fingerprint density at radius 3 is 2.52 bits per heavy atom. The van der Waals surface area contributed by atoms with Gasteiger partial charge in [-0.1, -0.05) is 32.6 Å². The predicted molar refractivity (Wildman–Crippen MR) is 128 cm³/mol. The molecule has 0 amide bonds. The fourth-order valence-corrected chi connectivity index (χ4v) is 3.59. The van der Waals surface area contributed by atoms with Crippen molar-refractivity contribution in [2.24, 2.45) is 11.6 Å². The van der Waals surface area contributed by atoms with Crippen molar-refractivity contribution in [1.82, 2.24) is 25.2 Å². The summed E-state index contributed by atoms with van der Waals surface area (Å²) in [7, 11) is 0. The van der Waals surface area contributed by atoms with Crippen LogP contribution in [0.1, 0.15) is 44.8 Å². The number of hydrogen-bond donors (Lipinski definition) is 5. The first-order valence-electron chi connectivity index (χ1n) is 10.8. The van der Waals surface area contributed by atoms with E-state index in [2.05, 4.69) is 27.2 Å². The number of halogens is 1. The molecule has 0 saturated heterocycles. The smallest absolute Gasteiger partial charge is 0.296 e. The second-order valence-electron chi connectivity index (χ2n) is 7.86. The highest BCUT2D eigenvalue weighted by Gasteiger charge is 2.38. The van der Waals surface area contributed by atoms with Gasteiger partial charge in [0, 0.05) is 32.4 Å². The highest BCUT2D eigenvalue weighted by molar-refractivity contribution is 5.63. The van der Waals surface area contributed by atoms with Crippen molar-refractivity contribution in [3.8, 4) is 5.75 Å². The van der Waals surface area contributed by atoms with Crippen LogP contribution in [0.25, 0.3) is 5.70 Å². The molecule has 1 aromatic carbocycles. The molecule has 0 spiro atoms. The molecular formula is C23H34FN7O2. The summed E-state index contributed by atoms with van der Waals surface area (Å²) >= 11 is 0. The van der Waals surface area contributed by atoms with Crippen LogP contribution in [0, 0.1) is 5.82 Å². The molecule has 3 rings (SSSR count). The SMILES string of the molecule is C=C(NCc1ccc(F)cc1)c1nc2n(c(=O)c1O)CCN(C/C(=C/N)NN)C2(C)C.CC. The Balaban J connectivity index is 0.00000187. The zero-order valence-corrected chi connectivity index (χ0v) is 19.7. The standard InChI is InChI=1S/C21H28FN7O2.C2H6/c1-13(25-11-14-4-6-15(22)7-5-14)17-18(30)19(31)29-9-8-28(12-16(10-23)27-24)21(2,3)20(29)26-17;1-2/h4-7,10,25,27,30H,1,8-9,11-12,23-24H2,2-3H3;1-2H3/b16-10-;. The van der Waals surface area contributed by atoms with E-state index in [9.17, 15) is 14.3 Å². The van der Waals surface area contributed by atoms with E-state index in [4.69, 9.17) is 11.6 Å². The molecule has 180 valence electrons. The molecule has 33 heavy (non-hydrogen) atoms. The van der Waals surface area contributed by atoms with Gasteiger partial charge in [-0.3, -0.25) is 20.1 Å². The van der Waals surface area contributed by atoms with Crippen molar-refractivity contribution in [1.29, 1.82) is 0 Å². The van der Waals surface area contributed by atoms with Crippen molar-refractivity contribution in [3.05, 3.63) is 76.0 Å². The summed E-state index contributed by atoms with van der Waals surface area (Å²) in [5, 5.41) is 13.5. The number of aromatic nitrogens is 2. The molecule has 10 heteroatoms. The molecule has 7 N–H and O–H groups in total. The lowest BCUT2D eigenvalue weighted by molar-refractivity contribution is 0.0824. The maximum absolute atomic E-state index is 13.1. The summed E-state index contributed by atoms with van der Waals surface area (Å²) in [5.41, 5.74) is 8.82. The minimum atomic E-state index is -0.651. The van der Waals surface area contributed by atoms with Crippen LogP contribution in [0.2, 0.25) is 0 Å². The number of fused-ring (bicyclic) bond motifs is 1. The van der Waals surface area contributed by atoms with Gasteiger partial charge in [-0.05, 0) is 31.5 Å². The van der Waals surface area contributed by atoms with Crippen LogP contribution in [-0.4, -0.2) is 32.6 Å². The summed E-state index contributed by atoms with van der Waals surface area (Å²) in [6.07, 6.45) is 1.40. The van der Waals surface area contributed by atoms with E-state index in [1.54, 1.807) is 12.1 Å². The van der Waals surface area contributed by atoms with Crippen LogP contribution in [0.15, 0.2) is 47.5 Å². The Morgan fingerprint density at radius 1 is 1.30 bits per heavy atom. The molecule has 2 aromatic rings. The van der Waals surface area contributed by atoms with Crippen molar-refractivity contribution >= 4 is 5.70 Å². The zero-order chi connectivity index (χ0) is 24.8. The van der Waals surface area contributed by atoms with Gasteiger partial charge in [-0.2, -0.15) is 0 Å². The van der Waals surface area contributed by atoms with Crippen molar-refractivity contribution in [2.45, 2.75) is 46.3 Å². The summed E-state index contributed by atoms with van der Waals surface area (Å²) in [5.74, 6) is 5.22. The first kappa shape index (κ1) is 25.9. The first-order chi connectivity index (χ1) is 15.7. The molecule has 1 aliphatic heterocycles. The Labute approximate surface area is 193 Å². The van der Waals surface area contributed by atoms with Gasteiger partial charge < -0.3 is 21.6 Å². The topological polar surface area (TPSA) is 134 Å². The molecule has 0 atom stereocenters. The van der Waals surface area contributed by atoms with E-state index in [1.165, 1.54) is 22.9 Å². The van der Waals surface area contributed by atoms with E-state index < -0.39 is 16.8 Å². The number of nitrogens with two attached hydrogens (primary N) is 2. The molecule has 0 radical (unpaired) electrons. The van der Waals surface area contributed by atoms with E-state index in [-0.39, 0.29) is 11.5 Å². The van der Waals surface area contributed by atoms with Crippen LogP contribution in [-0.2, 0) is 18.6 Å². The number of aromatic hydroxyl groups is 1. The Kier molecular flexibility index (Phi) is 8.61. The maximum atomic E-state index is 13.1. The largest absolute Gasteiger partial charge is 0.501 e. The summed E-state index contributed by atoms with van der Waals surface area (Å²) < 4.78 is 14.6. The maximum Gasteiger partial charge on any atom is 0.296 e. The van der Waals surface area contributed by atoms with Gasteiger partial charge in [0.25, 0.3) is 5.56 Å². The van der Waals surface area contributed by atoms with Gasteiger partial charge in [-0.25, -0.2) is 9.37 Å². The molecule has 0 saturated carbocycles. The van der Waals surface area contributed by atoms with Crippen molar-refractivity contribution < 1.29 is 9.50 Å². The molecular weight excluding hydrogens is 425 g/mol. The van der Waals surface area contributed by atoms with Gasteiger partial charge in [-0.15, -0.1) is 0 Å². The number of nitrogens with zero attached hydrogens (tertiary/aromatic N) is 3. The third kappa shape index (κ3) is 5.52. The first-order valence-corrected chi connectivity index (χ1v) is 10.8. The average molecular weight is 460 g/mol. The van der Waals surface area contributed by atoms with Gasteiger partial charge in [0.1, 0.15) is 17.3 Å². The Morgan fingerprint density at radius 2 is 1.94 bits per heavy atom. The molecule has 0 fully saturated rings. The second kappa shape index (κ2) is 11.0. The summed E-state index contributed by atoms with van der Waals surface area (Å²) in [6.45, 7) is 13.5. The summed E-state index contributed by atoms with van der Waals surface area (Å²) in [6, 6.07) is 6.00. The number of rotatable bonds is 7. The predicted octanol–water partition coefficient (Wildman–Crippen LogP) is 1.69. The van der Waals surface area contributed by atoms with Crippen LogP contribution in [0.4, 0.5) is 4.39 Å². The number of hydrogen-bond acceptors (Lipinski definition) is 8. The second-order valence-corrected chi connectivity index (χ2v) is 7.86. The molecule has 0 bridgehead atoms. The zero-order valence-electron chi connectivity index (χ0n) is 19.7. The van der Waals surface area contributed by atoms with Crippen LogP contribution < -0.4 is 27.9 Å². The van der Waals surface area contributed by atoms with Gasteiger partial charge >= 0.3 is 0 Å². The molecule has 1 aliphatic rings. The fraction of sp³-hybridized carbons (Fsp3) is 0.391. The highest BCUT2D eigenvalue weighted by Crippen LogP contribution is 2.31. The lowest BCUT2D eigenvalue weighted by Gasteiger charge is -2.43. The van der Waals surface area contributed by atoms with Gasteiger partial charge in [0.15, 0.2) is 0 Å². The van der Waals surface area contributed by atoms with Crippen LogP contribution in [0.3, 0.4) is 0 Å². The van der Waals surface area contributed by atoms with Crippen LogP contribution in [0.5, 0.6) is 5.75 Å². The van der Waals surface area contributed by atoms with Gasteiger partial charge in [0.2, 0.25) is 5.75 Å². The monoisotopic (exact) mass is 459 g/mol. The van der Waals surface area contributed by atoms with E-state index in [0.29, 0.717) is 43.4 Å². The molecule has 1 aromatic heterocycles. The van der Waals surface area contributed by atoms with Crippen LogP contribution >= 0.6 is 0 Å². The molecule has 9 nitrogen and oxygen atoms in total.